The first kappa shape index (κ1) is 13.1. The van der Waals surface area contributed by atoms with Crippen LogP contribution in [0.3, 0.4) is 0 Å². The van der Waals surface area contributed by atoms with E-state index in [1.165, 1.54) is 57.3 Å². The molecule has 3 rings (SSSR count). The van der Waals surface area contributed by atoms with Crippen LogP contribution >= 0.6 is 0 Å². The Kier molecular flexibility index (Phi) is 4.16. The van der Waals surface area contributed by atoms with E-state index in [9.17, 15) is 0 Å². The molecule has 1 atom stereocenters. The number of rotatable bonds is 3. The van der Waals surface area contributed by atoms with Crippen molar-refractivity contribution in [3.8, 4) is 0 Å². The van der Waals surface area contributed by atoms with Crippen LogP contribution in [0.1, 0.15) is 62.6 Å². The summed E-state index contributed by atoms with van der Waals surface area (Å²) in [6.07, 6.45) is 10.5. The average Bonchev–Trinajstić information content (AvgIpc) is 2.82. The smallest absolute Gasteiger partial charge is 0.133 e. The van der Waals surface area contributed by atoms with Gasteiger partial charge in [0.2, 0.25) is 0 Å². The highest BCUT2D eigenvalue weighted by Crippen LogP contribution is 2.30. The van der Waals surface area contributed by atoms with Crippen molar-refractivity contribution in [3.05, 3.63) is 11.6 Å². The molecule has 1 aromatic rings. The first-order chi connectivity index (χ1) is 9.34. The summed E-state index contributed by atoms with van der Waals surface area (Å²) in [4.78, 5) is 0. The Labute approximate surface area is 116 Å². The van der Waals surface area contributed by atoms with E-state index >= 15 is 0 Å². The van der Waals surface area contributed by atoms with Crippen molar-refractivity contribution >= 4 is 0 Å². The number of hydrogen-bond donors (Lipinski definition) is 1. The van der Waals surface area contributed by atoms with Crippen molar-refractivity contribution in [1.29, 1.82) is 0 Å². The van der Waals surface area contributed by atoms with Crippen LogP contribution in [0.5, 0.6) is 0 Å². The maximum absolute atomic E-state index is 4.47. The molecule has 1 saturated carbocycles. The fourth-order valence-corrected chi connectivity index (χ4v) is 3.72. The van der Waals surface area contributed by atoms with Crippen LogP contribution in [-0.2, 0) is 6.42 Å². The third kappa shape index (κ3) is 2.99. The quantitative estimate of drug-likeness (QED) is 0.910. The van der Waals surface area contributed by atoms with E-state index in [1.54, 1.807) is 0 Å². The topological polar surface area (TPSA) is 42.7 Å². The van der Waals surface area contributed by atoms with Crippen LogP contribution in [0, 0.1) is 12.8 Å². The molecule has 19 heavy (non-hydrogen) atoms. The minimum atomic E-state index is 0.662. The standard InChI is InChI=1S/C15H26N4/c1-12-17-18-15(10-13-6-5-9-16-11-13)19(12)14-7-3-2-4-8-14/h13-14,16H,2-11H2,1H3. The summed E-state index contributed by atoms with van der Waals surface area (Å²) in [7, 11) is 0. The molecule has 0 amide bonds. The molecule has 0 radical (unpaired) electrons. The lowest BCUT2D eigenvalue weighted by Crippen LogP contribution is -2.31. The Bertz CT molecular complexity index is 400. The Balaban J connectivity index is 1.73. The molecule has 2 fully saturated rings. The molecule has 4 nitrogen and oxygen atoms in total. The van der Waals surface area contributed by atoms with Crippen molar-refractivity contribution in [2.24, 2.45) is 5.92 Å². The Morgan fingerprint density at radius 1 is 1.11 bits per heavy atom. The fourth-order valence-electron chi connectivity index (χ4n) is 3.72. The van der Waals surface area contributed by atoms with Gasteiger partial charge in [-0.1, -0.05) is 19.3 Å². The number of nitrogens with zero attached hydrogens (tertiary/aromatic N) is 3. The molecule has 0 bridgehead atoms. The average molecular weight is 262 g/mol. The molecule has 1 saturated heterocycles. The lowest BCUT2D eigenvalue weighted by atomic mass is 9.93. The van der Waals surface area contributed by atoms with Gasteiger partial charge in [0.1, 0.15) is 11.6 Å². The second-order valence-corrected chi connectivity index (χ2v) is 6.24. The highest BCUT2D eigenvalue weighted by Gasteiger charge is 2.23. The summed E-state index contributed by atoms with van der Waals surface area (Å²) in [6.45, 7) is 4.45. The van der Waals surface area contributed by atoms with Crippen LogP contribution in [0.25, 0.3) is 0 Å². The molecule has 2 heterocycles. The van der Waals surface area contributed by atoms with E-state index in [0.29, 0.717) is 6.04 Å². The zero-order chi connectivity index (χ0) is 13.1. The van der Waals surface area contributed by atoms with Gasteiger partial charge in [-0.3, -0.25) is 0 Å². The Morgan fingerprint density at radius 2 is 1.95 bits per heavy atom. The van der Waals surface area contributed by atoms with Crippen LogP contribution in [0.2, 0.25) is 0 Å². The van der Waals surface area contributed by atoms with Crippen LogP contribution in [0.15, 0.2) is 0 Å². The van der Waals surface area contributed by atoms with Crippen LogP contribution < -0.4 is 5.32 Å². The van der Waals surface area contributed by atoms with Crippen molar-refractivity contribution in [2.75, 3.05) is 13.1 Å². The summed E-state index contributed by atoms with van der Waals surface area (Å²) < 4.78 is 2.45. The second kappa shape index (κ2) is 6.04. The summed E-state index contributed by atoms with van der Waals surface area (Å²) in [5.74, 6) is 3.10. The largest absolute Gasteiger partial charge is 0.316 e. The maximum atomic E-state index is 4.47. The van der Waals surface area contributed by atoms with Crippen molar-refractivity contribution in [1.82, 2.24) is 20.1 Å². The van der Waals surface area contributed by atoms with Crippen LogP contribution in [0.4, 0.5) is 0 Å². The summed E-state index contributed by atoms with van der Waals surface area (Å²) in [6, 6.07) is 0.662. The summed E-state index contributed by atoms with van der Waals surface area (Å²) in [5, 5.41) is 12.3. The summed E-state index contributed by atoms with van der Waals surface area (Å²) >= 11 is 0. The van der Waals surface area contributed by atoms with Gasteiger partial charge < -0.3 is 9.88 Å². The van der Waals surface area contributed by atoms with Gasteiger partial charge in [0.25, 0.3) is 0 Å². The normalized spacial score (nSPS) is 25.6. The predicted molar refractivity (Wildman–Crippen MR) is 76.2 cm³/mol. The van der Waals surface area contributed by atoms with Gasteiger partial charge in [-0.25, -0.2) is 0 Å². The monoisotopic (exact) mass is 262 g/mol. The van der Waals surface area contributed by atoms with E-state index in [2.05, 4.69) is 27.0 Å². The Hall–Kier alpha value is -0.900. The number of piperidine rings is 1. The van der Waals surface area contributed by atoms with E-state index < -0.39 is 0 Å². The van der Waals surface area contributed by atoms with E-state index in [0.717, 1.165) is 24.7 Å². The molecular formula is C15H26N4. The molecule has 1 N–H and O–H groups in total. The number of aromatic nitrogens is 3. The molecule has 1 aliphatic heterocycles. The number of aryl methyl sites for hydroxylation is 1. The highest BCUT2D eigenvalue weighted by molar-refractivity contribution is 5.00. The maximum Gasteiger partial charge on any atom is 0.133 e. The second-order valence-electron chi connectivity index (χ2n) is 6.24. The fraction of sp³-hybridized carbons (Fsp3) is 0.867. The van der Waals surface area contributed by atoms with Crippen LogP contribution in [-0.4, -0.2) is 27.9 Å². The molecule has 106 valence electrons. The van der Waals surface area contributed by atoms with Gasteiger partial charge in [0, 0.05) is 12.5 Å². The molecule has 1 aliphatic carbocycles. The minimum absolute atomic E-state index is 0.662. The van der Waals surface area contributed by atoms with Crippen molar-refractivity contribution in [2.45, 2.75) is 64.3 Å². The molecule has 0 spiro atoms. The van der Waals surface area contributed by atoms with E-state index in [1.807, 2.05) is 0 Å². The molecule has 1 unspecified atom stereocenters. The summed E-state index contributed by atoms with van der Waals surface area (Å²) in [5.41, 5.74) is 0. The van der Waals surface area contributed by atoms with Gasteiger partial charge >= 0.3 is 0 Å². The van der Waals surface area contributed by atoms with Gasteiger partial charge in [-0.2, -0.15) is 0 Å². The third-order valence-electron chi connectivity index (χ3n) is 4.75. The SMILES string of the molecule is Cc1nnc(CC2CCCNC2)n1C1CCCCC1. The number of hydrogen-bond acceptors (Lipinski definition) is 3. The molecule has 2 aliphatic rings. The van der Waals surface area contributed by atoms with Crippen molar-refractivity contribution in [3.63, 3.8) is 0 Å². The lowest BCUT2D eigenvalue weighted by molar-refractivity contribution is 0.323. The van der Waals surface area contributed by atoms with E-state index in [-0.39, 0.29) is 0 Å². The molecule has 1 aromatic heterocycles. The zero-order valence-corrected chi connectivity index (χ0v) is 12.1. The molecular weight excluding hydrogens is 236 g/mol. The predicted octanol–water partition coefficient (Wildman–Crippen LogP) is 2.63. The zero-order valence-electron chi connectivity index (χ0n) is 12.1. The van der Waals surface area contributed by atoms with Gasteiger partial charge in [0.05, 0.1) is 0 Å². The Morgan fingerprint density at radius 3 is 2.68 bits per heavy atom. The van der Waals surface area contributed by atoms with Gasteiger partial charge in [0.15, 0.2) is 0 Å². The van der Waals surface area contributed by atoms with E-state index in [4.69, 9.17) is 0 Å². The molecule has 0 aromatic carbocycles. The molecule has 4 heteroatoms. The van der Waals surface area contributed by atoms with Gasteiger partial charge in [-0.15, -0.1) is 10.2 Å². The third-order valence-corrected chi connectivity index (χ3v) is 4.75. The van der Waals surface area contributed by atoms with Crippen molar-refractivity contribution < 1.29 is 0 Å². The first-order valence-corrected chi connectivity index (χ1v) is 7.95. The van der Waals surface area contributed by atoms with Gasteiger partial charge in [-0.05, 0) is 51.6 Å². The number of nitrogens with one attached hydrogen (secondary N) is 1. The first-order valence-electron chi connectivity index (χ1n) is 7.95. The lowest BCUT2D eigenvalue weighted by Gasteiger charge is -2.27. The highest BCUT2D eigenvalue weighted by atomic mass is 15.3. The minimum Gasteiger partial charge on any atom is -0.316 e.